The Labute approximate surface area is 118 Å². The summed E-state index contributed by atoms with van der Waals surface area (Å²) >= 11 is 1.30. The van der Waals surface area contributed by atoms with Gasteiger partial charge in [-0.1, -0.05) is 12.1 Å². The highest BCUT2D eigenvalue weighted by molar-refractivity contribution is 7.15. The average molecular weight is 295 g/mol. The molecule has 0 aliphatic heterocycles. The third-order valence-corrected chi connectivity index (χ3v) is 3.82. The van der Waals surface area contributed by atoms with Gasteiger partial charge in [-0.15, -0.1) is 16.4 Å². The average Bonchev–Trinajstić information content (AvgIpc) is 3.05. The molecule has 0 atom stereocenters. The minimum atomic E-state index is -1.16. The van der Waals surface area contributed by atoms with Crippen LogP contribution in [0.25, 0.3) is 5.00 Å². The Morgan fingerprint density at radius 2 is 2.20 bits per heavy atom. The van der Waals surface area contributed by atoms with Crippen LogP contribution in [0.3, 0.4) is 0 Å². The molecule has 2 aromatic heterocycles. The number of thiophene rings is 1. The lowest BCUT2D eigenvalue weighted by Gasteiger charge is -2.04. The number of ether oxygens (including phenoxy) is 1. The number of carbonyl (C=O) groups excluding carboxylic acids is 1. The lowest BCUT2D eigenvalue weighted by molar-refractivity contribution is 0.0525. The second-order valence-corrected chi connectivity index (χ2v) is 4.96. The SMILES string of the molecule is CCOC(=O)c1cc(CC)sc1-n1nncc1C(=O)O. The Morgan fingerprint density at radius 3 is 2.80 bits per heavy atom. The van der Waals surface area contributed by atoms with Gasteiger partial charge in [0.15, 0.2) is 5.69 Å². The zero-order valence-electron chi connectivity index (χ0n) is 11.0. The minimum Gasteiger partial charge on any atom is -0.476 e. The van der Waals surface area contributed by atoms with Gasteiger partial charge >= 0.3 is 11.9 Å². The smallest absolute Gasteiger partial charge is 0.356 e. The first-order valence-corrected chi connectivity index (χ1v) is 6.84. The predicted molar refractivity (Wildman–Crippen MR) is 71.5 cm³/mol. The van der Waals surface area contributed by atoms with Crippen molar-refractivity contribution in [2.75, 3.05) is 6.61 Å². The van der Waals surface area contributed by atoms with E-state index in [-0.39, 0.29) is 12.3 Å². The number of nitrogens with zero attached hydrogens (tertiary/aromatic N) is 3. The van der Waals surface area contributed by atoms with Crippen LogP contribution in [0.1, 0.15) is 39.6 Å². The molecule has 0 fully saturated rings. The van der Waals surface area contributed by atoms with Crippen LogP contribution in [-0.2, 0) is 11.2 Å². The monoisotopic (exact) mass is 295 g/mol. The quantitative estimate of drug-likeness (QED) is 0.845. The molecule has 0 unspecified atom stereocenters. The van der Waals surface area contributed by atoms with E-state index in [1.807, 2.05) is 6.92 Å². The Kier molecular flexibility index (Phi) is 4.14. The first-order valence-electron chi connectivity index (χ1n) is 6.02. The van der Waals surface area contributed by atoms with Crippen molar-refractivity contribution in [2.24, 2.45) is 0 Å². The summed E-state index contributed by atoms with van der Waals surface area (Å²) in [7, 11) is 0. The zero-order chi connectivity index (χ0) is 14.7. The van der Waals surface area contributed by atoms with Crippen molar-refractivity contribution in [3.8, 4) is 5.00 Å². The van der Waals surface area contributed by atoms with Gasteiger partial charge in [-0.05, 0) is 19.4 Å². The molecule has 0 amide bonds. The molecule has 0 aliphatic carbocycles. The van der Waals surface area contributed by atoms with Gasteiger partial charge in [-0.3, -0.25) is 0 Å². The summed E-state index contributed by atoms with van der Waals surface area (Å²) in [6.45, 7) is 3.91. The molecular formula is C12H13N3O4S. The van der Waals surface area contributed by atoms with E-state index in [1.54, 1.807) is 13.0 Å². The minimum absolute atomic E-state index is 0.0972. The van der Waals surface area contributed by atoms with E-state index in [0.717, 1.165) is 22.2 Å². The van der Waals surface area contributed by atoms with E-state index >= 15 is 0 Å². The second kappa shape index (κ2) is 5.83. The molecule has 0 spiro atoms. The predicted octanol–water partition coefficient (Wildman–Crippen LogP) is 1.77. The van der Waals surface area contributed by atoms with Crippen molar-refractivity contribution in [3.63, 3.8) is 0 Å². The molecule has 0 saturated heterocycles. The van der Waals surface area contributed by atoms with E-state index in [9.17, 15) is 9.59 Å². The normalized spacial score (nSPS) is 10.5. The maximum atomic E-state index is 11.9. The summed E-state index contributed by atoms with van der Waals surface area (Å²) < 4.78 is 6.13. The Hall–Kier alpha value is -2.22. The standard InChI is InChI=1S/C12H13N3O4S/c1-3-7-5-8(12(18)19-4-2)10(20-7)15-9(11(16)17)6-13-14-15/h5-6H,3-4H2,1-2H3,(H,16,17). The van der Waals surface area contributed by atoms with Crippen molar-refractivity contribution in [1.29, 1.82) is 0 Å². The summed E-state index contributed by atoms with van der Waals surface area (Å²) in [5, 5.41) is 16.8. The molecule has 0 aromatic carbocycles. The molecule has 106 valence electrons. The van der Waals surface area contributed by atoms with Crippen molar-refractivity contribution in [2.45, 2.75) is 20.3 Å². The fourth-order valence-electron chi connectivity index (χ4n) is 1.65. The highest BCUT2D eigenvalue weighted by Crippen LogP contribution is 2.28. The number of rotatable bonds is 5. The summed E-state index contributed by atoms with van der Waals surface area (Å²) in [6.07, 6.45) is 1.87. The molecule has 0 saturated carbocycles. The third-order valence-electron chi connectivity index (χ3n) is 2.57. The molecule has 20 heavy (non-hydrogen) atoms. The fourth-order valence-corrected chi connectivity index (χ4v) is 2.69. The van der Waals surface area contributed by atoms with Crippen LogP contribution in [0.2, 0.25) is 0 Å². The summed E-state index contributed by atoms with van der Waals surface area (Å²) in [5.74, 6) is -1.65. The molecular weight excluding hydrogens is 282 g/mol. The van der Waals surface area contributed by atoms with Gasteiger partial charge in [-0.2, -0.15) is 4.68 Å². The largest absolute Gasteiger partial charge is 0.476 e. The van der Waals surface area contributed by atoms with Gasteiger partial charge < -0.3 is 9.84 Å². The highest BCUT2D eigenvalue weighted by Gasteiger charge is 2.23. The molecule has 0 aliphatic rings. The first kappa shape index (κ1) is 14.2. The van der Waals surface area contributed by atoms with Crippen LogP contribution in [0.4, 0.5) is 0 Å². The molecule has 2 heterocycles. The van der Waals surface area contributed by atoms with Gasteiger partial charge in [0.05, 0.1) is 18.4 Å². The number of aryl methyl sites for hydroxylation is 1. The maximum Gasteiger partial charge on any atom is 0.356 e. The molecule has 0 radical (unpaired) electrons. The van der Waals surface area contributed by atoms with E-state index in [1.165, 1.54) is 11.3 Å². The maximum absolute atomic E-state index is 11.9. The zero-order valence-corrected chi connectivity index (χ0v) is 11.8. The number of hydrogen-bond acceptors (Lipinski definition) is 6. The number of aromatic nitrogens is 3. The molecule has 0 bridgehead atoms. The molecule has 7 nitrogen and oxygen atoms in total. The third kappa shape index (κ3) is 2.55. The van der Waals surface area contributed by atoms with Crippen LogP contribution in [0, 0.1) is 0 Å². The lowest BCUT2D eigenvalue weighted by atomic mass is 10.2. The van der Waals surface area contributed by atoms with Crippen molar-refractivity contribution in [3.05, 3.63) is 28.4 Å². The second-order valence-electron chi connectivity index (χ2n) is 3.84. The summed E-state index contributed by atoms with van der Waals surface area (Å²) in [4.78, 5) is 24.0. The fraction of sp³-hybridized carbons (Fsp3) is 0.333. The van der Waals surface area contributed by atoms with E-state index < -0.39 is 11.9 Å². The van der Waals surface area contributed by atoms with Gasteiger partial charge in [0.1, 0.15) is 5.00 Å². The number of carbonyl (C=O) groups is 2. The number of carboxylic acid groups (broad SMARTS) is 1. The highest BCUT2D eigenvalue weighted by atomic mass is 32.1. The van der Waals surface area contributed by atoms with Crippen molar-refractivity contribution >= 4 is 23.3 Å². The Morgan fingerprint density at radius 1 is 1.45 bits per heavy atom. The summed E-state index contributed by atoms with van der Waals surface area (Å²) in [6, 6.07) is 1.70. The van der Waals surface area contributed by atoms with Gasteiger partial charge in [0, 0.05) is 4.88 Å². The molecule has 2 rings (SSSR count). The number of hydrogen-bond donors (Lipinski definition) is 1. The first-order chi connectivity index (χ1) is 9.58. The lowest BCUT2D eigenvalue weighted by Crippen LogP contribution is -2.11. The topological polar surface area (TPSA) is 94.3 Å². The van der Waals surface area contributed by atoms with Crippen LogP contribution >= 0.6 is 11.3 Å². The van der Waals surface area contributed by atoms with E-state index in [2.05, 4.69) is 10.3 Å². The Bertz CT molecular complexity index is 647. The molecule has 1 N–H and O–H groups in total. The molecule has 2 aromatic rings. The van der Waals surface area contributed by atoms with Crippen LogP contribution in [0.15, 0.2) is 12.3 Å². The van der Waals surface area contributed by atoms with Gasteiger partial charge in [-0.25, -0.2) is 9.59 Å². The van der Waals surface area contributed by atoms with E-state index in [4.69, 9.17) is 9.84 Å². The van der Waals surface area contributed by atoms with Crippen molar-refractivity contribution < 1.29 is 19.4 Å². The van der Waals surface area contributed by atoms with Crippen LogP contribution < -0.4 is 0 Å². The number of carboxylic acids is 1. The van der Waals surface area contributed by atoms with Crippen LogP contribution in [0.5, 0.6) is 0 Å². The number of esters is 1. The van der Waals surface area contributed by atoms with Gasteiger partial charge in [0.2, 0.25) is 0 Å². The van der Waals surface area contributed by atoms with Gasteiger partial charge in [0.25, 0.3) is 0 Å². The van der Waals surface area contributed by atoms with Crippen LogP contribution in [-0.4, -0.2) is 38.6 Å². The van der Waals surface area contributed by atoms with E-state index in [0.29, 0.717) is 10.6 Å². The summed E-state index contributed by atoms with van der Waals surface area (Å²) in [5.41, 5.74) is 0.210. The van der Waals surface area contributed by atoms with Crippen molar-refractivity contribution in [1.82, 2.24) is 15.0 Å². The molecule has 8 heteroatoms. The Balaban J connectivity index is 2.54. The number of aromatic carboxylic acids is 1.